The van der Waals surface area contributed by atoms with E-state index in [-0.39, 0.29) is 0 Å². The minimum absolute atomic E-state index is 0.749. The third-order valence-corrected chi connectivity index (χ3v) is 3.21. The van der Waals surface area contributed by atoms with Gasteiger partial charge in [0.05, 0.1) is 6.61 Å². The molecule has 0 radical (unpaired) electrons. The molecular weight excluding hydrogens is 220 g/mol. The van der Waals surface area contributed by atoms with E-state index in [0.717, 1.165) is 13.2 Å². The second-order valence-electron chi connectivity index (χ2n) is 4.84. The van der Waals surface area contributed by atoms with Crippen LogP contribution in [0.25, 0.3) is 0 Å². The van der Waals surface area contributed by atoms with E-state index >= 15 is 0 Å². The fourth-order valence-electron chi connectivity index (χ4n) is 1.87. The molecule has 0 aliphatic rings. The number of benzene rings is 1. The molecule has 0 N–H and O–H groups in total. The summed E-state index contributed by atoms with van der Waals surface area (Å²) in [5, 5.41) is 0. The van der Waals surface area contributed by atoms with Crippen LogP contribution in [0, 0.1) is 0 Å². The molecule has 0 atom stereocenters. The summed E-state index contributed by atoms with van der Waals surface area (Å²) in [7, 11) is 0. The van der Waals surface area contributed by atoms with Crippen LogP contribution in [-0.4, -0.2) is 6.61 Å². The van der Waals surface area contributed by atoms with Crippen molar-refractivity contribution in [2.45, 2.75) is 52.6 Å². The summed E-state index contributed by atoms with van der Waals surface area (Å²) in [6.07, 6.45) is 8.56. The van der Waals surface area contributed by atoms with Crippen molar-refractivity contribution in [3.63, 3.8) is 0 Å². The first-order chi connectivity index (χ1) is 8.83. The Bertz CT molecular complexity index is 327. The third-order valence-electron chi connectivity index (χ3n) is 3.21. The van der Waals surface area contributed by atoms with E-state index in [0.29, 0.717) is 0 Å². The predicted molar refractivity (Wildman–Crippen MR) is 78.6 cm³/mol. The molecule has 1 rings (SSSR count). The lowest BCUT2D eigenvalue weighted by Gasteiger charge is -2.04. The Morgan fingerprint density at radius 3 is 2.50 bits per heavy atom. The van der Waals surface area contributed by atoms with Gasteiger partial charge in [0, 0.05) is 6.61 Å². The Labute approximate surface area is 112 Å². The van der Waals surface area contributed by atoms with Crippen LogP contribution >= 0.6 is 0 Å². The Morgan fingerprint density at radius 2 is 1.78 bits per heavy atom. The summed E-state index contributed by atoms with van der Waals surface area (Å²) in [5.74, 6) is 0. The van der Waals surface area contributed by atoms with Crippen LogP contribution in [0.4, 0.5) is 0 Å². The van der Waals surface area contributed by atoms with E-state index in [4.69, 9.17) is 4.74 Å². The Balaban J connectivity index is 1.90. The van der Waals surface area contributed by atoms with Crippen molar-refractivity contribution in [1.29, 1.82) is 0 Å². The Kier molecular flexibility index (Phi) is 8.24. The number of unbranched alkanes of at least 4 members (excludes halogenated alkanes) is 3. The van der Waals surface area contributed by atoms with E-state index in [1.54, 1.807) is 0 Å². The highest BCUT2D eigenvalue weighted by Crippen LogP contribution is 2.09. The van der Waals surface area contributed by atoms with E-state index < -0.39 is 0 Å². The zero-order valence-electron chi connectivity index (χ0n) is 11.8. The third kappa shape index (κ3) is 7.29. The van der Waals surface area contributed by atoms with Gasteiger partial charge < -0.3 is 4.74 Å². The monoisotopic (exact) mass is 246 g/mol. The van der Waals surface area contributed by atoms with Crippen LogP contribution in [0.1, 0.15) is 51.5 Å². The van der Waals surface area contributed by atoms with Crippen LogP contribution in [0.2, 0.25) is 0 Å². The minimum atomic E-state index is 0.749. The largest absolute Gasteiger partial charge is 0.377 e. The molecule has 0 saturated carbocycles. The normalized spacial score (nSPS) is 11.8. The molecule has 0 aromatic heterocycles. The number of allylic oxidation sites excluding steroid dienone is 2. The van der Waals surface area contributed by atoms with Gasteiger partial charge in [0.15, 0.2) is 0 Å². The summed E-state index contributed by atoms with van der Waals surface area (Å²) in [6, 6.07) is 10.4. The van der Waals surface area contributed by atoms with Crippen molar-refractivity contribution in [2.75, 3.05) is 6.61 Å². The number of hydrogen-bond acceptors (Lipinski definition) is 1. The van der Waals surface area contributed by atoms with Gasteiger partial charge in [-0.05, 0) is 38.7 Å². The van der Waals surface area contributed by atoms with E-state index in [1.165, 1.54) is 43.2 Å². The fraction of sp³-hybridized carbons (Fsp3) is 0.529. The molecule has 18 heavy (non-hydrogen) atoms. The van der Waals surface area contributed by atoms with Gasteiger partial charge in [-0.25, -0.2) is 0 Å². The zero-order chi connectivity index (χ0) is 13.1. The van der Waals surface area contributed by atoms with Crippen LogP contribution in [0.3, 0.4) is 0 Å². The summed E-state index contributed by atoms with van der Waals surface area (Å²) in [6.45, 7) is 5.96. The highest BCUT2D eigenvalue weighted by Gasteiger charge is 1.94. The minimum Gasteiger partial charge on any atom is -0.377 e. The van der Waals surface area contributed by atoms with Gasteiger partial charge in [-0.3, -0.25) is 0 Å². The van der Waals surface area contributed by atoms with Crippen molar-refractivity contribution >= 4 is 0 Å². The molecule has 0 unspecified atom stereocenters. The van der Waals surface area contributed by atoms with Gasteiger partial charge in [0.25, 0.3) is 0 Å². The number of hydrogen-bond donors (Lipinski definition) is 0. The molecule has 1 nitrogen and oxygen atoms in total. The second kappa shape index (κ2) is 9.90. The molecule has 0 bridgehead atoms. The molecule has 0 heterocycles. The SMILES string of the molecule is CC=C(C)CCCCCCOCc1ccccc1. The van der Waals surface area contributed by atoms with Crippen molar-refractivity contribution in [3.05, 3.63) is 47.5 Å². The molecule has 0 aliphatic heterocycles. The standard InChI is InChI=1S/C17H26O/c1-3-16(2)11-7-4-5-10-14-18-15-17-12-8-6-9-13-17/h3,6,8-9,12-13H,4-5,7,10-11,14-15H2,1-2H3. The lowest BCUT2D eigenvalue weighted by atomic mass is 10.1. The smallest absolute Gasteiger partial charge is 0.0716 e. The van der Waals surface area contributed by atoms with Crippen LogP contribution in [-0.2, 0) is 11.3 Å². The maximum absolute atomic E-state index is 5.66. The van der Waals surface area contributed by atoms with E-state index in [1.807, 2.05) is 6.07 Å². The maximum Gasteiger partial charge on any atom is 0.0716 e. The Hall–Kier alpha value is -1.08. The molecule has 0 aliphatic carbocycles. The first-order valence-corrected chi connectivity index (χ1v) is 7.06. The molecule has 0 saturated heterocycles. The summed E-state index contributed by atoms with van der Waals surface area (Å²) < 4.78 is 5.66. The molecule has 100 valence electrons. The lowest BCUT2D eigenvalue weighted by molar-refractivity contribution is 0.116. The number of ether oxygens (including phenoxy) is 1. The second-order valence-corrected chi connectivity index (χ2v) is 4.84. The average molecular weight is 246 g/mol. The highest BCUT2D eigenvalue weighted by molar-refractivity contribution is 5.13. The van der Waals surface area contributed by atoms with Gasteiger partial charge >= 0.3 is 0 Å². The molecule has 0 fully saturated rings. The molecule has 1 aromatic carbocycles. The molecule has 1 aromatic rings. The summed E-state index contributed by atoms with van der Waals surface area (Å²) in [5.41, 5.74) is 2.77. The zero-order valence-corrected chi connectivity index (χ0v) is 11.8. The van der Waals surface area contributed by atoms with Crippen molar-refractivity contribution in [1.82, 2.24) is 0 Å². The average Bonchev–Trinajstić information content (AvgIpc) is 2.42. The van der Waals surface area contributed by atoms with Crippen molar-refractivity contribution in [3.8, 4) is 0 Å². The van der Waals surface area contributed by atoms with Crippen LogP contribution < -0.4 is 0 Å². The lowest BCUT2D eigenvalue weighted by Crippen LogP contribution is -1.95. The first-order valence-electron chi connectivity index (χ1n) is 7.06. The van der Waals surface area contributed by atoms with Gasteiger partial charge in [0.2, 0.25) is 0 Å². The molecular formula is C17H26O. The predicted octanol–water partition coefficient (Wildman–Crippen LogP) is 5.12. The van der Waals surface area contributed by atoms with Crippen LogP contribution in [0.15, 0.2) is 42.0 Å². The van der Waals surface area contributed by atoms with E-state index in [9.17, 15) is 0 Å². The van der Waals surface area contributed by atoms with Crippen LogP contribution in [0.5, 0.6) is 0 Å². The highest BCUT2D eigenvalue weighted by atomic mass is 16.5. The first kappa shape index (κ1) is 15.0. The molecule has 1 heteroatoms. The molecule has 0 amide bonds. The van der Waals surface area contributed by atoms with Gasteiger partial charge in [-0.2, -0.15) is 0 Å². The van der Waals surface area contributed by atoms with E-state index in [2.05, 4.69) is 44.2 Å². The fourth-order valence-corrected chi connectivity index (χ4v) is 1.87. The van der Waals surface area contributed by atoms with Crippen molar-refractivity contribution in [2.24, 2.45) is 0 Å². The topological polar surface area (TPSA) is 9.23 Å². The maximum atomic E-state index is 5.66. The summed E-state index contributed by atoms with van der Waals surface area (Å²) >= 11 is 0. The van der Waals surface area contributed by atoms with Gasteiger partial charge in [-0.1, -0.05) is 54.8 Å². The number of rotatable bonds is 9. The van der Waals surface area contributed by atoms with Gasteiger partial charge in [-0.15, -0.1) is 0 Å². The van der Waals surface area contributed by atoms with Gasteiger partial charge in [0.1, 0.15) is 0 Å². The Morgan fingerprint density at radius 1 is 1.06 bits per heavy atom. The summed E-state index contributed by atoms with van der Waals surface area (Å²) in [4.78, 5) is 0. The molecule has 0 spiro atoms. The quantitative estimate of drug-likeness (QED) is 0.434. The van der Waals surface area contributed by atoms with Crippen molar-refractivity contribution < 1.29 is 4.74 Å².